The molecule has 0 heterocycles. The largest absolute Gasteiger partial charge is 0.425 e. The van der Waals surface area contributed by atoms with Gasteiger partial charge in [0.15, 0.2) is 0 Å². The highest BCUT2D eigenvalue weighted by molar-refractivity contribution is 5.97. The predicted octanol–water partition coefficient (Wildman–Crippen LogP) is 1.85. The molecule has 1 aromatic rings. The highest BCUT2D eigenvalue weighted by atomic mass is 16.5. The number of nitriles is 1. The van der Waals surface area contributed by atoms with Gasteiger partial charge in [0.05, 0.1) is 5.56 Å². The van der Waals surface area contributed by atoms with E-state index in [1.54, 1.807) is 19.9 Å². The maximum Gasteiger partial charge on any atom is 0.308 e. The fraction of sp³-hybridized carbons (Fsp3) is 0.357. The van der Waals surface area contributed by atoms with Gasteiger partial charge in [-0.2, -0.15) is 5.26 Å². The van der Waals surface area contributed by atoms with Crippen LogP contribution in [0.1, 0.15) is 26.3 Å². The molecular weight excluding hydrogens is 260 g/mol. The van der Waals surface area contributed by atoms with E-state index in [2.05, 4.69) is 5.32 Å². The molecule has 0 aromatic heterocycles. The molecule has 0 aliphatic rings. The van der Waals surface area contributed by atoms with E-state index in [4.69, 9.17) is 14.7 Å². The van der Waals surface area contributed by atoms with Crippen LogP contribution in [0.2, 0.25) is 0 Å². The minimum atomic E-state index is -0.985. The second-order valence-corrected chi connectivity index (χ2v) is 4.58. The van der Waals surface area contributed by atoms with Gasteiger partial charge in [0.2, 0.25) is 0 Å². The topological polar surface area (TPSA) is 88.4 Å². The Morgan fingerprint density at radius 1 is 1.35 bits per heavy atom. The van der Waals surface area contributed by atoms with Gasteiger partial charge < -0.3 is 14.8 Å². The smallest absolute Gasteiger partial charge is 0.308 e. The summed E-state index contributed by atoms with van der Waals surface area (Å²) in [6.07, 6.45) is 0. The molecular formula is C14H16N2O4. The van der Waals surface area contributed by atoms with E-state index >= 15 is 0 Å². The molecule has 1 amide bonds. The second-order valence-electron chi connectivity index (χ2n) is 4.58. The van der Waals surface area contributed by atoms with Crippen LogP contribution in [0.4, 0.5) is 5.69 Å². The van der Waals surface area contributed by atoms with Gasteiger partial charge in [-0.05, 0) is 32.0 Å². The van der Waals surface area contributed by atoms with E-state index in [1.165, 1.54) is 26.2 Å². The Balaban J connectivity index is 2.97. The van der Waals surface area contributed by atoms with Gasteiger partial charge in [0.1, 0.15) is 17.4 Å². The van der Waals surface area contributed by atoms with Gasteiger partial charge in [-0.15, -0.1) is 0 Å². The molecule has 0 aliphatic heterocycles. The average molecular weight is 276 g/mol. The number of ether oxygens (including phenoxy) is 2. The molecule has 0 radical (unpaired) electrons. The van der Waals surface area contributed by atoms with Crippen molar-refractivity contribution in [3.63, 3.8) is 0 Å². The van der Waals surface area contributed by atoms with Crippen LogP contribution < -0.4 is 10.1 Å². The lowest BCUT2D eigenvalue weighted by Gasteiger charge is -2.21. The van der Waals surface area contributed by atoms with Crippen molar-refractivity contribution >= 4 is 17.6 Å². The third kappa shape index (κ3) is 3.80. The maximum atomic E-state index is 11.9. The molecule has 0 atom stereocenters. The SMILES string of the molecule is COC(C)(C)C(=O)Nc1ccc(OC(C)=O)c(C#N)c1. The van der Waals surface area contributed by atoms with E-state index < -0.39 is 11.6 Å². The number of nitrogens with zero attached hydrogens (tertiary/aromatic N) is 1. The van der Waals surface area contributed by atoms with E-state index in [0.717, 1.165) is 0 Å². The van der Waals surface area contributed by atoms with Crippen LogP contribution in [0.3, 0.4) is 0 Å². The van der Waals surface area contributed by atoms with E-state index in [0.29, 0.717) is 5.69 Å². The molecule has 6 nitrogen and oxygen atoms in total. The zero-order chi connectivity index (χ0) is 15.3. The predicted molar refractivity (Wildman–Crippen MR) is 72.2 cm³/mol. The standard InChI is InChI=1S/C14H16N2O4/c1-9(17)20-12-6-5-11(7-10(12)8-15)16-13(18)14(2,3)19-4/h5-7H,1-4H3,(H,16,18). The van der Waals surface area contributed by atoms with Crippen LogP contribution >= 0.6 is 0 Å². The van der Waals surface area contributed by atoms with Crippen molar-refractivity contribution in [2.45, 2.75) is 26.4 Å². The summed E-state index contributed by atoms with van der Waals surface area (Å²) in [5.41, 5.74) is -0.401. The van der Waals surface area contributed by atoms with Gasteiger partial charge in [-0.3, -0.25) is 9.59 Å². The van der Waals surface area contributed by atoms with E-state index in [-0.39, 0.29) is 17.2 Å². The van der Waals surface area contributed by atoms with E-state index in [9.17, 15) is 9.59 Å². The zero-order valence-electron chi connectivity index (χ0n) is 11.8. The lowest BCUT2D eigenvalue weighted by molar-refractivity contribution is -0.134. The highest BCUT2D eigenvalue weighted by Gasteiger charge is 2.27. The van der Waals surface area contributed by atoms with E-state index in [1.807, 2.05) is 6.07 Å². The third-order valence-corrected chi connectivity index (χ3v) is 2.67. The summed E-state index contributed by atoms with van der Waals surface area (Å²) in [6, 6.07) is 6.34. The molecule has 106 valence electrons. The van der Waals surface area contributed by atoms with Gasteiger partial charge in [0.25, 0.3) is 5.91 Å². The lowest BCUT2D eigenvalue weighted by atomic mass is 10.1. The van der Waals surface area contributed by atoms with Crippen molar-refractivity contribution in [1.82, 2.24) is 0 Å². The molecule has 1 N–H and O–H groups in total. The average Bonchev–Trinajstić information content (AvgIpc) is 2.39. The quantitative estimate of drug-likeness (QED) is 0.669. The summed E-state index contributed by atoms with van der Waals surface area (Å²) in [7, 11) is 1.43. The Bertz CT molecular complexity index is 573. The molecule has 1 aromatic carbocycles. The molecule has 0 saturated heterocycles. The molecule has 0 spiro atoms. The summed E-state index contributed by atoms with van der Waals surface area (Å²) >= 11 is 0. The summed E-state index contributed by atoms with van der Waals surface area (Å²) < 4.78 is 9.94. The summed E-state index contributed by atoms with van der Waals surface area (Å²) in [4.78, 5) is 22.8. The van der Waals surface area contributed by atoms with Gasteiger partial charge in [0, 0.05) is 19.7 Å². The number of rotatable bonds is 4. The van der Waals surface area contributed by atoms with Crippen molar-refractivity contribution in [1.29, 1.82) is 5.26 Å². The van der Waals surface area contributed by atoms with Crippen molar-refractivity contribution in [3.8, 4) is 11.8 Å². The number of carbonyl (C=O) groups is 2. The Hall–Kier alpha value is -2.39. The van der Waals surface area contributed by atoms with Gasteiger partial charge >= 0.3 is 5.97 Å². The zero-order valence-corrected chi connectivity index (χ0v) is 11.8. The molecule has 0 bridgehead atoms. The highest BCUT2D eigenvalue weighted by Crippen LogP contribution is 2.23. The van der Waals surface area contributed by atoms with Crippen LogP contribution in [-0.4, -0.2) is 24.6 Å². The van der Waals surface area contributed by atoms with Crippen molar-refractivity contribution in [3.05, 3.63) is 23.8 Å². The van der Waals surface area contributed by atoms with Gasteiger partial charge in [-0.25, -0.2) is 0 Å². The number of anilines is 1. The molecule has 20 heavy (non-hydrogen) atoms. The molecule has 1 rings (SSSR count). The Morgan fingerprint density at radius 3 is 2.50 bits per heavy atom. The first-order valence-electron chi connectivity index (χ1n) is 5.89. The molecule has 0 unspecified atom stereocenters. The normalized spacial score (nSPS) is 10.6. The maximum absolute atomic E-state index is 11.9. The number of carbonyl (C=O) groups excluding carboxylic acids is 2. The van der Waals surface area contributed by atoms with Crippen LogP contribution in [-0.2, 0) is 14.3 Å². The summed E-state index contributed by atoms with van der Waals surface area (Å²) in [6.45, 7) is 4.50. The first kappa shape index (κ1) is 15.7. The number of amides is 1. The first-order valence-corrected chi connectivity index (χ1v) is 5.89. The molecule has 0 aliphatic carbocycles. The minimum Gasteiger partial charge on any atom is -0.425 e. The fourth-order valence-electron chi connectivity index (χ4n) is 1.31. The van der Waals surface area contributed by atoms with Crippen LogP contribution in [0.25, 0.3) is 0 Å². The Morgan fingerprint density at radius 2 is 2.00 bits per heavy atom. The Labute approximate surface area is 117 Å². The van der Waals surface area contributed by atoms with Gasteiger partial charge in [-0.1, -0.05) is 0 Å². The number of benzene rings is 1. The van der Waals surface area contributed by atoms with Crippen LogP contribution in [0, 0.1) is 11.3 Å². The third-order valence-electron chi connectivity index (χ3n) is 2.67. The minimum absolute atomic E-state index is 0.156. The van der Waals surface area contributed by atoms with Crippen molar-refractivity contribution in [2.75, 3.05) is 12.4 Å². The number of methoxy groups -OCH3 is 1. The van der Waals surface area contributed by atoms with Crippen molar-refractivity contribution in [2.24, 2.45) is 0 Å². The lowest BCUT2D eigenvalue weighted by Crippen LogP contribution is -2.38. The van der Waals surface area contributed by atoms with Crippen molar-refractivity contribution < 1.29 is 19.1 Å². The summed E-state index contributed by atoms with van der Waals surface area (Å²) in [5.74, 6) is -0.702. The number of esters is 1. The number of nitrogens with one attached hydrogen (secondary N) is 1. The number of hydrogen-bond acceptors (Lipinski definition) is 5. The van der Waals surface area contributed by atoms with Crippen LogP contribution in [0.5, 0.6) is 5.75 Å². The molecule has 6 heteroatoms. The Kier molecular flexibility index (Phi) is 4.83. The molecule has 0 saturated carbocycles. The fourth-order valence-corrected chi connectivity index (χ4v) is 1.31. The monoisotopic (exact) mass is 276 g/mol. The second kappa shape index (κ2) is 6.17. The first-order chi connectivity index (χ1) is 9.30. The number of hydrogen-bond donors (Lipinski definition) is 1. The summed E-state index contributed by atoms with van der Waals surface area (Å²) in [5, 5.41) is 11.7. The van der Waals surface area contributed by atoms with Crippen LogP contribution in [0.15, 0.2) is 18.2 Å². The molecule has 0 fully saturated rings.